The highest BCUT2D eigenvalue weighted by molar-refractivity contribution is 5.95. The van der Waals surface area contributed by atoms with Gasteiger partial charge in [0.2, 0.25) is 17.7 Å². The predicted octanol–water partition coefficient (Wildman–Crippen LogP) is 3.59. The first-order valence-electron chi connectivity index (χ1n) is 13.2. The number of nitrogens with one attached hydrogen (secondary N) is 2. The Bertz CT molecular complexity index is 1020. The van der Waals surface area contributed by atoms with Gasteiger partial charge in [0, 0.05) is 11.6 Å². The first kappa shape index (κ1) is 30.9. The van der Waals surface area contributed by atoms with Gasteiger partial charge < -0.3 is 31.1 Å². The number of aryl methyl sites for hydroxylation is 1. The Morgan fingerprint density at radius 3 is 2.18 bits per heavy atom. The van der Waals surface area contributed by atoms with Gasteiger partial charge in [-0.05, 0) is 84.6 Å². The summed E-state index contributed by atoms with van der Waals surface area (Å²) in [5.41, 5.74) is 4.73. The molecule has 5 N–H and O–H groups in total. The Balaban J connectivity index is 2.55. The van der Waals surface area contributed by atoms with E-state index in [-0.39, 0.29) is 17.7 Å². The van der Waals surface area contributed by atoms with Crippen molar-refractivity contribution in [2.24, 2.45) is 5.73 Å². The summed E-state index contributed by atoms with van der Waals surface area (Å²) in [5.74, 6) is -1.76. The maximum atomic E-state index is 14.1. The highest BCUT2D eigenvalue weighted by Gasteiger charge is 2.43. The summed E-state index contributed by atoms with van der Waals surface area (Å²) in [6.07, 6.45) is 3.48. The third-order valence-electron chi connectivity index (χ3n) is 6.35. The number of rotatable bonds is 8. The average molecular weight is 533 g/mol. The van der Waals surface area contributed by atoms with Crippen LogP contribution in [0.25, 0.3) is 0 Å². The van der Waals surface area contributed by atoms with Crippen molar-refractivity contribution >= 4 is 23.8 Å². The molecule has 0 heterocycles. The molecule has 0 saturated heterocycles. The molecular formula is C28H44N4O6. The minimum Gasteiger partial charge on any atom is -0.508 e. The summed E-state index contributed by atoms with van der Waals surface area (Å²) >= 11 is 0. The third-order valence-corrected chi connectivity index (χ3v) is 6.35. The van der Waals surface area contributed by atoms with Gasteiger partial charge in [-0.25, -0.2) is 4.79 Å². The van der Waals surface area contributed by atoms with Gasteiger partial charge in [0.15, 0.2) is 0 Å². The molecule has 1 saturated carbocycles. The van der Waals surface area contributed by atoms with Crippen molar-refractivity contribution < 1.29 is 29.0 Å². The van der Waals surface area contributed by atoms with E-state index in [0.717, 1.165) is 32.1 Å². The standard InChI is InChI=1S/C28H44N4O6/c1-17-15-18(13-14-21(17)33)23(24(35)30-19-11-9-8-10-12-19)32(27(2,3)4)25(36)20(16-22(29)34)31-26(37)38-28(5,6)7/h13-15,19-20,23,33H,8-12,16H2,1-7H3,(H2,29,34)(H,30,35)(H,31,37). The summed E-state index contributed by atoms with van der Waals surface area (Å²) in [4.78, 5) is 53.9. The van der Waals surface area contributed by atoms with Gasteiger partial charge in [-0.15, -0.1) is 0 Å². The van der Waals surface area contributed by atoms with Gasteiger partial charge in [0.25, 0.3) is 0 Å². The van der Waals surface area contributed by atoms with E-state index in [2.05, 4.69) is 10.6 Å². The normalized spacial score (nSPS) is 16.2. The van der Waals surface area contributed by atoms with Crippen LogP contribution in [0, 0.1) is 6.92 Å². The van der Waals surface area contributed by atoms with Crippen LogP contribution in [0.15, 0.2) is 18.2 Å². The Morgan fingerprint density at radius 2 is 1.68 bits per heavy atom. The molecule has 212 valence electrons. The van der Waals surface area contributed by atoms with E-state index in [1.54, 1.807) is 60.6 Å². The molecule has 38 heavy (non-hydrogen) atoms. The van der Waals surface area contributed by atoms with Crippen molar-refractivity contribution in [1.82, 2.24) is 15.5 Å². The third kappa shape index (κ3) is 8.92. The maximum Gasteiger partial charge on any atom is 0.408 e. The fraction of sp³-hybridized carbons (Fsp3) is 0.643. The molecule has 0 radical (unpaired) electrons. The molecule has 1 fully saturated rings. The number of primary amides is 1. The quantitative estimate of drug-likeness (QED) is 0.402. The Labute approximate surface area is 225 Å². The average Bonchev–Trinajstić information content (AvgIpc) is 2.76. The summed E-state index contributed by atoms with van der Waals surface area (Å²) < 4.78 is 5.31. The first-order valence-corrected chi connectivity index (χ1v) is 13.2. The highest BCUT2D eigenvalue weighted by atomic mass is 16.6. The van der Waals surface area contributed by atoms with Gasteiger partial charge in [-0.1, -0.05) is 25.3 Å². The van der Waals surface area contributed by atoms with Crippen molar-refractivity contribution in [3.8, 4) is 5.75 Å². The molecule has 0 aromatic heterocycles. The number of phenols is 1. The van der Waals surface area contributed by atoms with E-state index in [1.807, 2.05) is 0 Å². The molecular weight excluding hydrogens is 488 g/mol. The number of ether oxygens (including phenoxy) is 1. The van der Waals surface area contributed by atoms with Crippen LogP contribution in [-0.2, 0) is 19.1 Å². The van der Waals surface area contributed by atoms with Crippen LogP contribution in [-0.4, -0.2) is 57.0 Å². The molecule has 0 spiro atoms. The highest BCUT2D eigenvalue weighted by Crippen LogP contribution is 2.33. The van der Waals surface area contributed by atoms with Gasteiger partial charge in [0.1, 0.15) is 23.4 Å². The molecule has 10 heteroatoms. The number of carbonyl (C=O) groups is 4. The minimum atomic E-state index is -1.36. The second-order valence-corrected chi connectivity index (χ2v) is 12.0. The summed E-state index contributed by atoms with van der Waals surface area (Å²) in [7, 11) is 0. The van der Waals surface area contributed by atoms with Crippen molar-refractivity contribution in [2.75, 3.05) is 0 Å². The minimum absolute atomic E-state index is 0.0183. The van der Waals surface area contributed by atoms with Crippen molar-refractivity contribution in [2.45, 2.75) is 116 Å². The molecule has 0 aliphatic heterocycles. The largest absolute Gasteiger partial charge is 0.508 e. The molecule has 1 aromatic carbocycles. The zero-order chi connectivity index (χ0) is 28.8. The second-order valence-electron chi connectivity index (χ2n) is 12.0. The second kappa shape index (κ2) is 12.5. The van der Waals surface area contributed by atoms with E-state index < -0.39 is 47.6 Å². The number of benzene rings is 1. The zero-order valence-electron chi connectivity index (χ0n) is 23.7. The van der Waals surface area contributed by atoms with Crippen molar-refractivity contribution in [1.29, 1.82) is 0 Å². The monoisotopic (exact) mass is 532 g/mol. The first-order chi connectivity index (χ1) is 17.5. The van der Waals surface area contributed by atoms with E-state index in [4.69, 9.17) is 10.5 Å². The Hall–Kier alpha value is -3.30. The molecule has 2 unspecified atom stereocenters. The number of aromatic hydroxyl groups is 1. The topological polar surface area (TPSA) is 151 Å². The fourth-order valence-corrected chi connectivity index (χ4v) is 4.66. The lowest BCUT2D eigenvalue weighted by atomic mass is 9.92. The smallest absolute Gasteiger partial charge is 0.408 e. The van der Waals surface area contributed by atoms with E-state index in [1.165, 1.54) is 11.0 Å². The molecule has 10 nitrogen and oxygen atoms in total. The van der Waals surface area contributed by atoms with Crippen LogP contribution < -0.4 is 16.4 Å². The Kier molecular flexibility index (Phi) is 10.2. The number of alkyl carbamates (subject to hydrolysis) is 1. The summed E-state index contributed by atoms with van der Waals surface area (Å²) in [6.45, 7) is 12.1. The van der Waals surface area contributed by atoms with Gasteiger partial charge in [-0.3, -0.25) is 14.4 Å². The number of nitrogens with two attached hydrogens (primary N) is 1. The van der Waals surface area contributed by atoms with Crippen LogP contribution in [0.2, 0.25) is 0 Å². The lowest BCUT2D eigenvalue weighted by molar-refractivity contribution is -0.149. The molecule has 2 atom stereocenters. The maximum absolute atomic E-state index is 14.1. The zero-order valence-corrected chi connectivity index (χ0v) is 23.7. The number of phenolic OH excluding ortho intramolecular Hbond substituents is 1. The lowest BCUT2D eigenvalue weighted by Gasteiger charge is -2.43. The van der Waals surface area contributed by atoms with Crippen LogP contribution in [0.1, 0.15) is 97.2 Å². The van der Waals surface area contributed by atoms with Gasteiger partial charge in [0.05, 0.1) is 6.42 Å². The van der Waals surface area contributed by atoms with E-state index in [9.17, 15) is 24.3 Å². The molecule has 1 aliphatic rings. The number of amides is 4. The van der Waals surface area contributed by atoms with E-state index >= 15 is 0 Å². The number of hydrogen-bond acceptors (Lipinski definition) is 6. The molecule has 2 rings (SSSR count). The van der Waals surface area contributed by atoms with Crippen LogP contribution >= 0.6 is 0 Å². The van der Waals surface area contributed by atoms with Gasteiger partial charge in [-0.2, -0.15) is 0 Å². The molecule has 0 bridgehead atoms. The predicted molar refractivity (Wildman–Crippen MR) is 144 cm³/mol. The van der Waals surface area contributed by atoms with Crippen LogP contribution in [0.3, 0.4) is 0 Å². The Morgan fingerprint density at radius 1 is 1.08 bits per heavy atom. The van der Waals surface area contributed by atoms with E-state index in [0.29, 0.717) is 11.1 Å². The summed E-state index contributed by atoms with van der Waals surface area (Å²) in [6, 6.07) is 2.27. The molecule has 1 aliphatic carbocycles. The number of carbonyl (C=O) groups excluding carboxylic acids is 4. The molecule has 4 amide bonds. The number of hydrogen-bond donors (Lipinski definition) is 4. The van der Waals surface area contributed by atoms with Crippen LogP contribution in [0.5, 0.6) is 5.75 Å². The molecule has 1 aromatic rings. The van der Waals surface area contributed by atoms with Crippen molar-refractivity contribution in [3.05, 3.63) is 29.3 Å². The number of nitrogens with zero attached hydrogens (tertiary/aromatic N) is 1. The van der Waals surface area contributed by atoms with Gasteiger partial charge >= 0.3 is 6.09 Å². The lowest BCUT2D eigenvalue weighted by Crippen LogP contribution is -2.59. The summed E-state index contributed by atoms with van der Waals surface area (Å²) in [5, 5.41) is 15.7. The fourth-order valence-electron chi connectivity index (χ4n) is 4.66. The SMILES string of the molecule is Cc1cc(C(C(=O)NC2CCCCC2)N(C(=O)C(CC(N)=O)NC(=O)OC(C)(C)C)C(C)(C)C)ccc1O. The van der Waals surface area contributed by atoms with Crippen molar-refractivity contribution in [3.63, 3.8) is 0 Å². The van der Waals surface area contributed by atoms with Crippen LogP contribution in [0.4, 0.5) is 4.79 Å².